The van der Waals surface area contributed by atoms with Crippen molar-refractivity contribution in [3.63, 3.8) is 0 Å². The number of hydrogen-bond acceptors (Lipinski definition) is 4. The molecule has 2 atom stereocenters. The smallest absolute Gasteiger partial charge is 0.329 e. The molecule has 0 saturated carbocycles. The zero-order chi connectivity index (χ0) is 13.2. The largest absolute Gasteiger partial charge is 0.458 e. The maximum absolute atomic E-state index is 11.9. The van der Waals surface area contributed by atoms with E-state index in [9.17, 15) is 9.59 Å². The Hall–Kier alpha value is -1.10. The van der Waals surface area contributed by atoms with Crippen LogP contribution in [0.3, 0.4) is 0 Å². The Morgan fingerprint density at radius 2 is 2.00 bits per heavy atom. The van der Waals surface area contributed by atoms with E-state index in [1.165, 1.54) is 0 Å². The fraction of sp³-hybridized carbons (Fsp3) is 0.833. The monoisotopic (exact) mass is 242 g/mol. The Labute approximate surface area is 102 Å². The number of carbonyl (C=O) groups excluding carboxylic acids is 2. The predicted octanol–water partition coefficient (Wildman–Crippen LogP) is 0.666. The summed E-state index contributed by atoms with van der Waals surface area (Å²) in [6.45, 7) is 7.67. The van der Waals surface area contributed by atoms with Gasteiger partial charge in [0.15, 0.2) is 0 Å². The van der Waals surface area contributed by atoms with Gasteiger partial charge in [0.1, 0.15) is 11.6 Å². The van der Waals surface area contributed by atoms with E-state index in [-0.39, 0.29) is 11.9 Å². The molecule has 98 valence electrons. The summed E-state index contributed by atoms with van der Waals surface area (Å²) < 4.78 is 5.31. The van der Waals surface area contributed by atoms with E-state index < -0.39 is 17.7 Å². The first-order valence-corrected chi connectivity index (χ1v) is 6.01. The van der Waals surface area contributed by atoms with Crippen LogP contribution in [-0.4, -0.2) is 41.0 Å². The highest BCUT2D eigenvalue weighted by molar-refractivity contribution is 5.87. The molecule has 1 aliphatic heterocycles. The molecule has 1 rings (SSSR count). The normalized spacial score (nSPS) is 22.4. The summed E-state index contributed by atoms with van der Waals surface area (Å²) in [5, 5.41) is 0. The fourth-order valence-corrected chi connectivity index (χ4v) is 1.91. The second-order valence-electron chi connectivity index (χ2n) is 5.51. The molecule has 1 fully saturated rings. The Balaban J connectivity index is 2.70. The van der Waals surface area contributed by atoms with E-state index in [0.29, 0.717) is 13.0 Å². The molecule has 0 spiro atoms. The Bertz CT molecular complexity index is 307. The van der Waals surface area contributed by atoms with Gasteiger partial charge in [-0.05, 0) is 40.5 Å². The molecule has 17 heavy (non-hydrogen) atoms. The first kappa shape index (κ1) is 14.0. The average molecular weight is 242 g/mol. The molecule has 0 aromatic heterocycles. The lowest BCUT2D eigenvalue weighted by atomic mass is 10.1. The Morgan fingerprint density at radius 3 is 2.47 bits per heavy atom. The molecule has 2 N–H and O–H groups in total. The SMILES string of the molecule is C[C@@H](N)C(=O)N1CCC[C@@H]1C(=O)OC(C)(C)C. The minimum absolute atomic E-state index is 0.182. The van der Waals surface area contributed by atoms with Gasteiger partial charge < -0.3 is 15.4 Å². The predicted molar refractivity (Wildman–Crippen MR) is 64.2 cm³/mol. The molecule has 0 aromatic rings. The standard InChI is InChI=1S/C12H22N2O3/c1-8(13)10(15)14-7-5-6-9(14)11(16)17-12(2,3)4/h8-9H,5-7,13H2,1-4H3/t8-,9-/m1/s1. The van der Waals surface area contributed by atoms with Crippen LogP contribution < -0.4 is 5.73 Å². The average Bonchev–Trinajstić information content (AvgIpc) is 2.61. The zero-order valence-corrected chi connectivity index (χ0v) is 11.0. The molecule has 5 heteroatoms. The minimum atomic E-state index is -0.571. The van der Waals surface area contributed by atoms with Crippen LogP contribution in [0.4, 0.5) is 0 Å². The van der Waals surface area contributed by atoms with E-state index >= 15 is 0 Å². The highest BCUT2D eigenvalue weighted by Crippen LogP contribution is 2.21. The molecule has 1 saturated heterocycles. The van der Waals surface area contributed by atoms with E-state index in [1.54, 1.807) is 11.8 Å². The highest BCUT2D eigenvalue weighted by Gasteiger charge is 2.37. The van der Waals surface area contributed by atoms with E-state index in [1.807, 2.05) is 20.8 Å². The van der Waals surface area contributed by atoms with Gasteiger partial charge in [-0.1, -0.05) is 0 Å². The van der Waals surface area contributed by atoms with Gasteiger partial charge in [-0.2, -0.15) is 0 Å². The van der Waals surface area contributed by atoms with Crippen molar-refractivity contribution in [3.05, 3.63) is 0 Å². The Kier molecular flexibility index (Phi) is 4.14. The molecule has 5 nitrogen and oxygen atoms in total. The van der Waals surface area contributed by atoms with Gasteiger partial charge in [0.05, 0.1) is 6.04 Å². The third-order valence-corrected chi connectivity index (χ3v) is 2.60. The summed E-state index contributed by atoms with van der Waals surface area (Å²) in [6.07, 6.45) is 1.48. The molecule has 0 unspecified atom stereocenters. The third kappa shape index (κ3) is 3.70. The maximum Gasteiger partial charge on any atom is 0.329 e. The number of esters is 1. The van der Waals surface area contributed by atoms with Crippen LogP contribution in [0.15, 0.2) is 0 Å². The lowest BCUT2D eigenvalue weighted by Gasteiger charge is -2.28. The van der Waals surface area contributed by atoms with Crippen molar-refractivity contribution < 1.29 is 14.3 Å². The van der Waals surface area contributed by atoms with E-state index in [4.69, 9.17) is 10.5 Å². The molecule has 1 heterocycles. The summed E-state index contributed by atoms with van der Waals surface area (Å²) in [7, 11) is 0. The topological polar surface area (TPSA) is 72.6 Å². The summed E-state index contributed by atoms with van der Waals surface area (Å²) in [5.74, 6) is -0.512. The number of hydrogen-bond donors (Lipinski definition) is 1. The van der Waals surface area contributed by atoms with Crippen molar-refractivity contribution in [3.8, 4) is 0 Å². The summed E-state index contributed by atoms with van der Waals surface area (Å²) in [6, 6.07) is -1.04. The van der Waals surface area contributed by atoms with Gasteiger partial charge in [0.25, 0.3) is 0 Å². The summed E-state index contributed by atoms with van der Waals surface area (Å²) >= 11 is 0. The fourth-order valence-electron chi connectivity index (χ4n) is 1.91. The minimum Gasteiger partial charge on any atom is -0.458 e. The summed E-state index contributed by atoms with van der Waals surface area (Å²) in [5.41, 5.74) is 5.04. The lowest BCUT2D eigenvalue weighted by Crippen LogP contribution is -2.48. The number of nitrogens with zero attached hydrogens (tertiary/aromatic N) is 1. The number of likely N-dealkylation sites (tertiary alicyclic amines) is 1. The number of rotatable bonds is 2. The maximum atomic E-state index is 11.9. The first-order valence-electron chi connectivity index (χ1n) is 6.01. The molecular weight excluding hydrogens is 220 g/mol. The molecule has 0 aromatic carbocycles. The molecule has 0 aliphatic carbocycles. The van der Waals surface area contributed by atoms with Gasteiger partial charge in [-0.3, -0.25) is 4.79 Å². The molecule has 1 amide bonds. The van der Waals surface area contributed by atoms with Gasteiger partial charge in [-0.15, -0.1) is 0 Å². The van der Waals surface area contributed by atoms with Crippen LogP contribution in [0.25, 0.3) is 0 Å². The van der Waals surface area contributed by atoms with Crippen molar-refractivity contribution in [1.82, 2.24) is 4.90 Å². The lowest BCUT2D eigenvalue weighted by molar-refractivity contribution is -0.163. The number of ether oxygens (including phenoxy) is 1. The van der Waals surface area contributed by atoms with Gasteiger partial charge in [-0.25, -0.2) is 4.79 Å². The van der Waals surface area contributed by atoms with E-state index in [2.05, 4.69) is 0 Å². The van der Waals surface area contributed by atoms with Crippen molar-refractivity contribution >= 4 is 11.9 Å². The van der Waals surface area contributed by atoms with Crippen LogP contribution in [-0.2, 0) is 14.3 Å². The quantitative estimate of drug-likeness (QED) is 0.722. The molecule has 0 radical (unpaired) electrons. The van der Waals surface area contributed by atoms with Crippen LogP contribution in [0.1, 0.15) is 40.5 Å². The zero-order valence-electron chi connectivity index (χ0n) is 11.0. The van der Waals surface area contributed by atoms with Crippen molar-refractivity contribution in [2.45, 2.75) is 58.2 Å². The number of carbonyl (C=O) groups is 2. The molecule has 0 bridgehead atoms. The van der Waals surface area contributed by atoms with Crippen molar-refractivity contribution in [2.75, 3.05) is 6.54 Å². The van der Waals surface area contributed by atoms with Gasteiger partial charge in [0, 0.05) is 6.54 Å². The third-order valence-electron chi connectivity index (χ3n) is 2.60. The summed E-state index contributed by atoms with van der Waals surface area (Å²) in [4.78, 5) is 25.3. The molecule has 1 aliphatic rings. The van der Waals surface area contributed by atoms with Crippen LogP contribution in [0, 0.1) is 0 Å². The van der Waals surface area contributed by atoms with Crippen molar-refractivity contribution in [2.24, 2.45) is 5.73 Å². The van der Waals surface area contributed by atoms with E-state index in [0.717, 1.165) is 6.42 Å². The van der Waals surface area contributed by atoms with Gasteiger partial charge >= 0.3 is 5.97 Å². The van der Waals surface area contributed by atoms with Crippen LogP contribution in [0.5, 0.6) is 0 Å². The first-order chi connectivity index (χ1) is 7.72. The van der Waals surface area contributed by atoms with Crippen LogP contribution >= 0.6 is 0 Å². The molecular formula is C12H22N2O3. The highest BCUT2D eigenvalue weighted by atomic mass is 16.6. The number of amides is 1. The second-order valence-corrected chi connectivity index (χ2v) is 5.51. The van der Waals surface area contributed by atoms with Crippen LogP contribution in [0.2, 0.25) is 0 Å². The van der Waals surface area contributed by atoms with Crippen molar-refractivity contribution in [1.29, 1.82) is 0 Å². The second kappa shape index (κ2) is 5.04. The Morgan fingerprint density at radius 1 is 1.41 bits per heavy atom. The van der Waals surface area contributed by atoms with Gasteiger partial charge in [0.2, 0.25) is 5.91 Å². The number of nitrogens with two attached hydrogens (primary N) is 1.